The van der Waals surface area contributed by atoms with Gasteiger partial charge in [-0.1, -0.05) is 0 Å². The summed E-state index contributed by atoms with van der Waals surface area (Å²) in [5.41, 5.74) is 7.17. The van der Waals surface area contributed by atoms with Gasteiger partial charge in [0.15, 0.2) is 0 Å². The van der Waals surface area contributed by atoms with Crippen molar-refractivity contribution in [3.05, 3.63) is 29.8 Å². The fourth-order valence-corrected chi connectivity index (χ4v) is 1.91. The molecular formula is C14H20ClN3O2. The van der Waals surface area contributed by atoms with Gasteiger partial charge in [0.1, 0.15) is 0 Å². The Bertz CT molecular complexity index is 472. The molecular weight excluding hydrogens is 278 g/mol. The SMILES string of the molecule is CC(=O)Nc1ccc(C(=O)NCC(N)C2CC2)cc1.Cl. The van der Waals surface area contributed by atoms with E-state index < -0.39 is 0 Å². The molecule has 0 radical (unpaired) electrons. The Hall–Kier alpha value is -1.59. The normalized spacial score (nSPS) is 14.9. The van der Waals surface area contributed by atoms with Crippen molar-refractivity contribution >= 4 is 29.9 Å². The van der Waals surface area contributed by atoms with Crippen LogP contribution in [0.25, 0.3) is 0 Å². The van der Waals surface area contributed by atoms with Crippen LogP contribution in [-0.4, -0.2) is 24.4 Å². The van der Waals surface area contributed by atoms with Gasteiger partial charge in [-0.3, -0.25) is 9.59 Å². The summed E-state index contributed by atoms with van der Waals surface area (Å²) in [4.78, 5) is 22.7. The van der Waals surface area contributed by atoms with Crippen LogP contribution >= 0.6 is 12.4 Å². The first-order chi connectivity index (χ1) is 9.06. The molecule has 2 rings (SSSR count). The first-order valence-electron chi connectivity index (χ1n) is 6.47. The molecule has 110 valence electrons. The number of halogens is 1. The van der Waals surface area contributed by atoms with E-state index in [0.29, 0.717) is 23.7 Å². The molecule has 0 spiro atoms. The smallest absolute Gasteiger partial charge is 0.251 e. The number of benzene rings is 1. The van der Waals surface area contributed by atoms with Crippen molar-refractivity contribution in [2.24, 2.45) is 11.7 Å². The lowest BCUT2D eigenvalue weighted by Gasteiger charge is -2.11. The zero-order chi connectivity index (χ0) is 13.8. The molecule has 2 amide bonds. The van der Waals surface area contributed by atoms with Gasteiger partial charge in [-0.2, -0.15) is 0 Å². The number of anilines is 1. The van der Waals surface area contributed by atoms with Crippen LogP contribution in [-0.2, 0) is 4.79 Å². The number of amides is 2. The van der Waals surface area contributed by atoms with E-state index in [1.165, 1.54) is 19.8 Å². The number of hydrogen-bond donors (Lipinski definition) is 3. The minimum atomic E-state index is -0.134. The van der Waals surface area contributed by atoms with Crippen LogP contribution in [0.5, 0.6) is 0 Å². The Balaban J connectivity index is 0.00000200. The van der Waals surface area contributed by atoms with Crippen LogP contribution in [0.4, 0.5) is 5.69 Å². The molecule has 0 aromatic heterocycles. The second-order valence-electron chi connectivity index (χ2n) is 4.97. The molecule has 0 heterocycles. The van der Waals surface area contributed by atoms with E-state index in [-0.39, 0.29) is 30.3 Å². The lowest BCUT2D eigenvalue weighted by Crippen LogP contribution is -2.38. The van der Waals surface area contributed by atoms with Gasteiger partial charge in [0.25, 0.3) is 5.91 Å². The Morgan fingerprint density at radius 1 is 1.30 bits per heavy atom. The van der Waals surface area contributed by atoms with E-state index in [2.05, 4.69) is 10.6 Å². The third-order valence-corrected chi connectivity index (χ3v) is 3.19. The Labute approximate surface area is 124 Å². The minimum absolute atomic E-state index is 0. The first-order valence-corrected chi connectivity index (χ1v) is 6.47. The van der Waals surface area contributed by atoms with Crippen molar-refractivity contribution in [2.45, 2.75) is 25.8 Å². The third-order valence-electron chi connectivity index (χ3n) is 3.19. The summed E-state index contributed by atoms with van der Waals surface area (Å²) in [6.45, 7) is 1.96. The molecule has 1 aliphatic rings. The van der Waals surface area contributed by atoms with Gasteiger partial charge in [-0.25, -0.2) is 0 Å². The molecule has 6 heteroatoms. The summed E-state index contributed by atoms with van der Waals surface area (Å²) in [6, 6.07) is 6.84. The highest BCUT2D eigenvalue weighted by atomic mass is 35.5. The Morgan fingerprint density at radius 3 is 2.40 bits per heavy atom. The zero-order valence-corrected chi connectivity index (χ0v) is 12.2. The second-order valence-corrected chi connectivity index (χ2v) is 4.97. The standard InChI is InChI=1S/C14H19N3O2.ClH/c1-9(18)17-12-6-4-11(5-7-12)14(19)16-8-13(15)10-2-3-10;/h4-7,10,13H,2-3,8,15H2,1H3,(H,16,19)(H,17,18);1H. The van der Waals surface area contributed by atoms with E-state index in [1.54, 1.807) is 24.3 Å². The highest BCUT2D eigenvalue weighted by Gasteiger charge is 2.28. The third kappa shape index (κ3) is 4.83. The molecule has 1 saturated carbocycles. The molecule has 5 nitrogen and oxygen atoms in total. The summed E-state index contributed by atoms with van der Waals surface area (Å²) < 4.78 is 0. The molecule has 1 unspecified atom stereocenters. The maximum absolute atomic E-state index is 11.9. The average molecular weight is 298 g/mol. The molecule has 0 aliphatic heterocycles. The first kappa shape index (κ1) is 16.5. The van der Waals surface area contributed by atoms with Crippen molar-refractivity contribution in [1.82, 2.24) is 5.32 Å². The number of hydrogen-bond acceptors (Lipinski definition) is 3. The zero-order valence-electron chi connectivity index (χ0n) is 11.4. The largest absolute Gasteiger partial charge is 0.350 e. The predicted molar refractivity (Wildman–Crippen MR) is 81.0 cm³/mol. The number of rotatable bonds is 5. The van der Waals surface area contributed by atoms with Crippen LogP contribution in [0.15, 0.2) is 24.3 Å². The highest BCUT2D eigenvalue weighted by Crippen LogP contribution is 2.31. The number of nitrogens with two attached hydrogens (primary N) is 1. The molecule has 20 heavy (non-hydrogen) atoms. The van der Waals surface area contributed by atoms with Crippen LogP contribution < -0.4 is 16.4 Å². The van der Waals surface area contributed by atoms with Crippen molar-refractivity contribution in [2.75, 3.05) is 11.9 Å². The summed E-state index contributed by atoms with van der Waals surface area (Å²) in [5.74, 6) is 0.306. The molecule has 1 aromatic carbocycles. The maximum Gasteiger partial charge on any atom is 0.251 e. The number of carbonyl (C=O) groups excluding carboxylic acids is 2. The fraction of sp³-hybridized carbons (Fsp3) is 0.429. The molecule has 1 atom stereocenters. The Kier molecular flexibility index (Phi) is 5.98. The van der Waals surface area contributed by atoms with Crippen LogP contribution in [0.1, 0.15) is 30.1 Å². The lowest BCUT2D eigenvalue weighted by atomic mass is 10.1. The molecule has 0 bridgehead atoms. The van der Waals surface area contributed by atoms with E-state index in [0.717, 1.165) is 0 Å². The van der Waals surface area contributed by atoms with E-state index >= 15 is 0 Å². The minimum Gasteiger partial charge on any atom is -0.350 e. The van der Waals surface area contributed by atoms with Gasteiger partial charge < -0.3 is 16.4 Å². The van der Waals surface area contributed by atoms with Gasteiger partial charge in [0.05, 0.1) is 0 Å². The second kappa shape index (κ2) is 7.26. The molecule has 1 aromatic rings. The van der Waals surface area contributed by atoms with Gasteiger partial charge in [-0.15, -0.1) is 12.4 Å². The molecule has 1 aliphatic carbocycles. The van der Waals surface area contributed by atoms with Gasteiger partial charge >= 0.3 is 0 Å². The molecule has 1 fully saturated rings. The van der Waals surface area contributed by atoms with Crippen molar-refractivity contribution in [3.8, 4) is 0 Å². The summed E-state index contributed by atoms with van der Waals surface area (Å²) in [6.07, 6.45) is 2.34. The Morgan fingerprint density at radius 2 is 1.90 bits per heavy atom. The van der Waals surface area contributed by atoms with Crippen molar-refractivity contribution < 1.29 is 9.59 Å². The van der Waals surface area contributed by atoms with E-state index in [9.17, 15) is 9.59 Å². The monoisotopic (exact) mass is 297 g/mol. The summed E-state index contributed by atoms with van der Waals surface area (Å²) in [7, 11) is 0. The number of carbonyl (C=O) groups is 2. The van der Waals surface area contributed by atoms with Gasteiger partial charge in [-0.05, 0) is 43.0 Å². The fourth-order valence-electron chi connectivity index (χ4n) is 1.91. The van der Waals surface area contributed by atoms with Crippen LogP contribution in [0.3, 0.4) is 0 Å². The quantitative estimate of drug-likeness (QED) is 0.770. The van der Waals surface area contributed by atoms with Gasteiger partial charge in [0, 0.05) is 30.8 Å². The summed E-state index contributed by atoms with van der Waals surface area (Å²) in [5, 5.41) is 5.48. The average Bonchev–Trinajstić information content (AvgIpc) is 3.20. The lowest BCUT2D eigenvalue weighted by molar-refractivity contribution is -0.114. The van der Waals surface area contributed by atoms with Crippen molar-refractivity contribution in [3.63, 3.8) is 0 Å². The van der Waals surface area contributed by atoms with Gasteiger partial charge in [0.2, 0.25) is 5.91 Å². The molecule has 4 N–H and O–H groups in total. The van der Waals surface area contributed by atoms with Crippen molar-refractivity contribution in [1.29, 1.82) is 0 Å². The van der Waals surface area contributed by atoms with E-state index in [1.807, 2.05) is 0 Å². The summed E-state index contributed by atoms with van der Waals surface area (Å²) >= 11 is 0. The van der Waals surface area contributed by atoms with E-state index in [4.69, 9.17) is 5.73 Å². The highest BCUT2D eigenvalue weighted by molar-refractivity contribution is 5.95. The topological polar surface area (TPSA) is 84.2 Å². The predicted octanol–water partition coefficient (Wildman–Crippen LogP) is 1.53. The van der Waals surface area contributed by atoms with Crippen LogP contribution in [0, 0.1) is 5.92 Å². The maximum atomic E-state index is 11.9. The van der Waals surface area contributed by atoms with Crippen LogP contribution in [0.2, 0.25) is 0 Å². The number of nitrogens with one attached hydrogen (secondary N) is 2. The molecule has 0 saturated heterocycles.